The first-order valence-electron chi connectivity index (χ1n) is 25.6. The van der Waals surface area contributed by atoms with E-state index in [4.69, 9.17) is 42.6 Å². The average molecular weight is 1090 g/mol. The van der Waals surface area contributed by atoms with Crippen molar-refractivity contribution in [3.05, 3.63) is 129 Å². The van der Waals surface area contributed by atoms with E-state index in [1.54, 1.807) is 35.2 Å². The van der Waals surface area contributed by atoms with Crippen LogP contribution in [-0.2, 0) is 50.0 Å². The number of imide groups is 3. The van der Waals surface area contributed by atoms with Gasteiger partial charge < -0.3 is 44.6 Å². The lowest BCUT2D eigenvalue weighted by Crippen LogP contribution is -2.57. The van der Waals surface area contributed by atoms with Gasteiger partial charge in [0.15, 0.2) is 0 Å². The van der Waals surface area contributed by atoms with Crippen molar-refractivity contribution in [3.63, 3.8) is 0 Å². The second-order valence-electron chi connectivity index (χ2n) is 19.6. The van der Waals surface area contributed by atoms with E-state index >= 15 is 0 Å². The number of amides is 6. The number of hydrogen-bond acceptors (Lipinski definition) is 15. The third-order valence-corrected chi connectivity index (χ3v) is 15.2. The number of piperazine rings is 1. The topological polar surface area (TPSA) is 214 Å². The number of rotatable bonds is 14. The number of carbonyl (C=O) groups excluding carboxylic acids is 6. The molecule has 3 fully saturated rings. The average Bonchev–Trinajstić information content (AvgIpc) is 4.01. The largest absolute Gasteiger partial charge is 0.462 e. The van der Waals surface area contributed by atoms with Crippen molar-refractivity contribution in [2.75, 3.05) is 75.1 Å². The Bertz CT molecular complexity index is 3170. The molecule has 3 saturated heterocycles. The van der Waals surface area contributed by atoms with Gasteiger partial charge in [-0.3, -0.25) is 24.0 Å². The van der Waals surface area contributed by atoms with Gasteiger partial charge in [-0.05, 0) is 99.2 Å². The zero-order valence-electron chi connectivity index (χ0n) is 42.9. The molecule has 0 saturated carbocycles. The van der Waals surface area contributed by atoms with Gasteiger partial charge in [0, 0.05) is 90.2 Å². The van der Waals surface area contributed by atoms with Gasteiger partial charge in [0.05, 0.1) is 35.8 Å². The number of piperidine rings is 1. The molecule has 5 aromatic rings. The molecule has 400 valence electrons. The predicted molar refractivity (Wildman–Crippen MR) is 290 cm³/mol. The highest BCUT2D eigenvalue weighted by molar-refractivity contribution is 6.36. The number of halogens is 2. The van der Waals surface area contributed by atoms with E-state index in [0.717, 1.165) is 58.2 Å². The number of nitrogens with one attached hydrogen (secondary N) is 2. The lowest BCUT2D eigenvalue weighted by atomic mass is 10.0. The Morgan fingerprint density at radius 3 is 2.48 bits per heavy atom. The van der Waals surface area contributed by atoms with Crippen LogP contribution in [0, 0.1) is 11.3 Å². The van der Waals surface area contributed by atoms with Crippen LogP contribution in [0.25, 0.3) is 10.8 Å². The minimum atomic E-state index is -1.25. The molecular weight excluding hydrogens is 1030 g/mol. The zero-order chi connectivity index (χ0) is 54.3. The first-order chi connectivity index (χ1) is 37.3. The zero-order valence-corrected chi connectivity index (χ0v) is 44.4. The molecule has 4 aromatic carbocycles. The molecule has 3 atom stereocenters. The lowest BCUT2D eigenvalue weighted by molar-refractivity contribution is -0.149. The summed E-state index contributed by atoms with van der Waals surface area (Å²) < 4.78 is 11.8. The fourth-order valence-electron chi connectivity index (χ4n) is 10.8. The van der Waals surface area contributed by atoms with Gasteiger partial charge >= 0.3 is 12.1 Å². The van der Waals surface area contributed by atoms with Gasteiger partial charge in [-0.15, -0.1) is 0 Å². The lowest BCUT2D eigenvalue weighted by Gasteiger charge is -2.42. The SMILES string of the molecule is C=C(COC(=O)N1C(=O)CCC(N2Cc3cc(CNC)ccc3C2=O)C1=O)C(=O)N1CCN(c2nc(OCC3CCCN3C)nc3c2CCN(c2cccc4cccc(Cl)c24)C3)CC1CC#N.O=CNc1cccc(Cl)c1. The molecule has 5 aliphatic heterocycles. The first-order valence-corrected chi connectivity index (χ1v) is 26.3. The van der Waals surface area contributed by atoms with E-state index in [9.17, 15) is 34.0 Å². The summed E-state index contributed by atoms with van der Waals surface area (Å²) >= 11 is 12.4. The van der Waals surface area contributed by atoms with Gasteiger partial charge in [0.2, 0.25) is 12.3 Å². The number of nitrogens with zero attached hydrogens (tertiary/aromatic N) is 9. The standard InChI is InChI=1S/C49H53ClN10O7.C7H6ClNO/c1-30(28-67-49(65)60-42(61)15-14-41(47(60)64)59-25-33-23-31(24-52-2)12-13-36(33)46(59)63)45(62)58-22-21-57(26-34(58)16-18-51)44-37-17-20-56(40-11-5-8-32-7-4-10-38(50)43(32)40)27-39(37)53-48(54-44)66-29-35-9-6-19-55(35)3;8-6-2-1-3-7(4-6)9-5-10/h4-5,7-8,10-13,23,34-35,41,52H,1,6,9,14-17,19-22,24-29H2,2-3H3;1-5H,(H,9,10). The third kappa shape index (κ3) is 11.9. The fourth-order valence-corrected chi connectivity index (χ4v) is 11.2. The predicted octanol–water partition coefficient (Wildman–Crippen LogP) is 6.74. The van der Waals surface area contributed by atoms with Crippen molar-refractivity contribution < 1.29 is 38.2 Å². The molecule has 19 nitrogen and oxygen atoms in total. The number of benzene rings is 4. The summed E-state index contributed by atoms with van der Waals surface area (Å²) in [5, 5.41) is 18.9. The molecule has 6 heterocycles. The van der Waals surface area contributed by atoms with Crippen LogP contribution in [0.2, 0.25) is 10.0 Å². The Morgan fingerprint density at radius 2 is 1.73 bits per heavy atom. The Morgan fingerprint density at radius 1 is 0.922 bits per heavy atom. The minimum absolute atomic E-state index is 0.00361. The third-order valence-electron chi connectivity index (χ3n) is 14.7. The second-order valence-corrected chi connectivity index (χ2v) is 20.4. The Labute approximate surface area is 456 Å². The van der Waals surface area contributed by atoms with Crippen molar-refractivity contribution in [1.29, 1.82) is 5.26 Å². The number of nitriles is 1. The summed E-state index contributed by atoms with van der Waals surface area (Å²) in [5.41, 5.74) is 5.63. The Kier molecular flexibility index (Phi) is 17.0. The maximum atomic E-state index is 14.0. The first kappa shape index (κ1) is 54.2. The fraction of sp³-hybridized carbons (Fsp3) is 0.375. The molecule has 77 heavy (non-hydrogen) atoms. The Balaban J connectivity index is 0.000000650. The molecule has 5 aliphatic rings. The maximum Gasteiger partial charge on any atom is 0.423 e. The summed E-state index contributed by atoms with van der Waals surface area (Å²) in [6.45, 7) is 7.52. The molecule has 0 bridgehead atoms. The van der Waals surface area contributed by atoms with Crippen LogP contribution >= 0.6 is 23.2 Å². The summed E-state index contributed by atoms with van der Waals surface area (Å²) in [4.78, 5) is 97.5. The number of anilines is 3. The van der Waals surface area contributed by atoms with Gasteiger partial charge in [-0.2, -0.15) is 20.1 Å². The van der Waals surface area contributed by atoms with E-state index in [2.05, 4.69) is 51.1 Å². The van der Waals surface area contributed by atoms with Crippen molar-refractivity contribution in [2.24, 2.45) is 0 Å². The summed E-state index contributed by atoms with van der Waals surface area (Å²) in [6, 6.07) is 25.6. The van der Waals surface area contributed by atoms with Crippen LogP contribution in [0.1, 0.15) is 64.8 Å². The highest BCUT2D eigenvalue weighted by Crippen LogP contribution is 2.38. The van der Waals surface area contributed by atoms with E-state index in [1.807, 2.05) is 49.5 Å². The van der Waals surface area contributed by atoms with Crippen LogP contribution in [-0.4, -0.2) is 144 Å². The molecule has 0 aliphatic carbocycles. The van der Waals surface area contributed by atoms with E-state index in [1.165, 1.54) is 4.90 Å². The quantitative estimate of drug-likeness (QED) is 0.0669. The van der Waals surface area contributed by atoms with Crippen LogP contribution in [0.5, 0.6) is 6.01 Å². The summed E-state index contributed by atoms with van der Waals surface area (Å²) in [7, 11) is 3.91. The second kappa shape index (κ2) is 24.1. The highest BCUT2D eigenvalue weighted by Gasteiger charge is 2.46. The number of hydrogen-bond donors (Lipinski definition) is 2. The van der Waals surface area contributed by atoms with Crippen LogP contribution in [0.15, 0.2) is 91.0 Å². The molecule has 0 radical (unpaired) electrons. The monoisotopic (exact) mass is 1080 g/mol. The molecule has 21 heteroatoms. The van der Waals surface area contributed by atoms with Gasteiger partial charge in [-0.1, -0.05) is 72.2 Å². The van der Waals surface area contributed by atoms with Gasteiger partial charge in [-0.25, -0.2) is 4.79 Å². The minimum Gasteiger partial charge on any atom is -0.462 e. The van der Waals surface area contributed by atoms with Crippen molar-refractivity contribution in [2.45, 2.75) is 76.3 Å². The molecule has 3 unspecified atom stereocenters. The molecule has 1 aromatic heterocycles. The van der Waals surface area contributed by atoms with Crippen LogP contribution in [0.4, 0.5) is 22.0 Å². The maximum absolute atomic E-state index is 14.0. The Hall–Kier alpha value is -7.63. The summed E-state index contributed by atoms with van der Waals surface area (Å²) in [6.07, 6.45) is 2.01. The molecular formula is C56H59Cl2N11O8. The van der Waals surface area contributed by atoms with Crippen LogP contribution in [0.3, 0.4) is 0 Å². The van der Waals surface area contributed by atoms with Gasteiger partial charge in [0.25, 0.3) is 17.7 Å². The van der Waals surface area contributed by atoms with E-state index in [-0.39, 0.29) is 62.4 Å². The van der Waals surface area contributed by atoms with Crippen molar-refractivity contribution in [3.8, 4) is 12.1 Å². The number of fused-ring (bicyclic) bond motifs is 3. The number of ether oxygens (including phenoxy) is 2. The van der Waals surface area contributed by atoms with Crippen LogP contribution < -0.4 is 25.2 Å². The van der Waals surface area contributed by atoms with Crippen molar-refractivity contribution in [1.82, 2.24) is 34.9 Å². The molecule has 10 rings (SSSR count). The smallest absolute Gasteiger partial charge is 0.423 e. The van der Waals surface area contributed by atoms with E-state index < -0.39 is 42.5 Å². The van der Waals surface area contributed by atoms with Crippen molar-refractivity contribution >= 4 is 87.3 Å². The van der Waals surface area contributed by atoms with E-state index in [0.29, 0.717) is 77.6 Å². The van der Waals surface area contributed by atoms with Gasteiger partial charge in [0.1, 0.15) is 25.1 Å². The number of likely N-dealkylation sites (tertiary alicyclic amines) is 2. The molecule has 6 amide bonds. The molecule has 2 N–H and O–H groups in total. The molecule has 0 spiro atoms. The normalized spacial score (nSPS) is 19.3. The highest BCUT2D eigenvalue weighted by atomic mass is 35.5. The number of aromatic nitrogens is 2. The number of carbonyl (C=O) groups is 6. The summed E-state index contributed by atoms with van der Waals surface area (Å²) in [5.74, 6) is -1.81. The number of likely N-dealkylation sites (N-methyl/N-ethyl adjacent to an activating group) is 1.